The Morgan fingerprint density at radius 1 is 1.06 bits per heavy atom. The Labute approximate surface area is 102 Å². The van der Waals surface area contributed by atoms with Crippen LogP contribution in [0.2, 0.25) is 0 Å². The van der Waals surface area contributed by atoms with Gasteiger partial charge in [-0.05, 0) is 52.6 Å². The number of likely N-dealkylation sites (tertiary alicyclic amines) is 1. The molecular weight excluding hydrogens is 196 g/mol. The van der Waals surface area contributed by atoms with Gasteiger partial charge in [0.15, 0.2) is 0 Å². The highest BCUT2D eigenvalue weighted by atomic mass is 15.2. The van der Waals surface area contributed by atoms with Crippen LogP contribution < -0.4 is 5.32 Å². The van der Waals surface area contributed by atoms with Gasteiger partial charge in [-0.15, -0.1) is 0 Å². The molecule has 2 nitrogen and oxygen atoms in total. The van der Waals surface area contributed by atoms with Gasteiger partial charge in [-0.25, -0.2) is 0 Å². The van der Waals surface area contributed by atoms with E-state index in [1.165, 1.54) is 32.4 Å². The SMILES string of the molecule is CC(C)C(CNC(C)(C)C)N1CCCCC1. The first kappa shape index (κ1) is 14.0. The first-order valence-electron chi connectivity index (χ1n) is 6.89. The van der Waals surface area contributed by atoms with E-state index in [-0.39, 0.29) is 5.54 Å². The molecule has 0 aromatic rings. The summed E-state index contributed by atoms with van der Waals surface area (Å²) in [6.45, 7) is 15.2. The van der Waals surface area contributed by atoms with Crippen LogP contribution >= 0.6 is 0 Å². The molecule has 1 rings (SSSR count). The van der Waals surface area contributed by atoms with Crippen LogP contribution in [0.1, 0.15) is 53.9 Å². The molecule has 1 fully saturated rings. The van der Waals surface area contributed by atoms with Crippen LogP contribution in [0.25, 0.3) is 0 Å². The number of hydrogen-bond acceptors (Lipinski definition) is 2. The Kier molecular flexibility index (Phi) is 5.26. The lowest BCUT2D eigenvalue weighted by Gasteiger charge is -2.38. The standard InChI is InChI=1S/C14H30N2/c1-12(2)13(11-15-14(3,4)5)16-9-7-6-8-10-16/h12-13,15H,6-11H2,1-5H3. The summed E-state index contributed by atoms with van der Waals surface area (Å²) in [5.74, 6) is 0.743. The fourth-order valence-corrected chi connectivity index (χ4v) is 2.45. The van der Waals surface area contributed by atoms with Crippen molar-refractivity contribution in [2.75, 3.05) is 19.6 Å². The van der Waals surface area contributed by atoms with Crippen molar-refractivity contribution in [2.45, 2.75) is 65.5 Å². The van der Waals surface area contributed by atoms with Gasteiger partial charge in [-0.2, -0.15) is 0 Å². The predicted octanol–water partition coefficient (Wildman–Crippen LogP) is 2.89. The lowest BCUT2D eigenvalue weighted by molar-refractivity contribution is 0.120. The van der Waals surface area contributed by atoms with E-state index in [0.717, 1.165) is 12.5 Å². The van der Waals surface area contributed by atoms with E-state index in [4.69, 9.17) is 0 Å². The summed E-state index contributed by atoms with van der Waals surface area (Å²) in [6, 6.07) is 0.708. The highest BCUT2D eigenvalue weighted by Gasteiger charge is 2.24. The molecule has 16 heavy (non-hydrogen) atoms. The minimum absolute atomic E-state index is 0.239. The van der Waals surface area contributed by atoms with E-state index in [0.29, 0.717) is 6.04 Å². The van der Waals surface area contributed by atoms with Crippen molar-refractivity contribution in [2.24, 2.45) is 5.92 Å². The van der Waals surface area contributed by atoms with Crippen LogP contribution in [-0.2, 0) is 0 Å². The number of hydrogen-bond donors (Lipinski definition) is 1. The van der Waals surface area contributed by atoms with Crippen LogP contribution in [0.15, 0.2) is 0 Å². The van der Waals surface area contributed by atoms with Crippen LogP contribution in [0, 0.1) is 5.92 Å². The molecule has 1 atom stereocenters. The Morgan fingerprint density at radius 2 is 1.62 bits per heavy atom. The molecule has 0 bridgehead atoms. The van der Waals surface area contributed by atoms with E-state index >= 15 is 0 Å². The van der Waals surface area contributed by atoms with Crippen LogP contribution in [0.5, 0.6) is 0 Å². The Balaban J connectivity index is 2.46. The van der Waals surface area contributed by atoms with Gasteiger partial charge in [-0.1, -0.05) is 20.3 Å². The molecule has 1 aliphatic heterocycles. The zero-order valence-corrected chi connectivity index (χ0v) is 11.8. The summed E-state index contributed by atoms with van der Waals surface area (Å²) >= 11 is 0. The largest absolute Gasteiger partial charge is 0.311 e. The molecule has 0 aromatic heterocycles. The molecule has 96 valence electrons. The van der Waals surface area contributed by atoms with E-state index in [2.05, 4.69) is 44.8 Å². The summed E-state index contributed by atoms with van der Waals surface area (Å²) in [6.07, 6.45) is 4.20. The maximum atomic E-state index is 3.66. The van der Waals surface area contributed by atoms with E-state index in [1.807, 2.05) is 0 Å². The normalized spacial score (nSPS) is 21.4. The minimum Gasteiger partial charge on any atom is -0.311 e. The van der Waals surface area contributed by atoms with E-state index in [9.17, 15) is 0 Å². The van der Waals surface area contributed by atoms with Crippen molar-refractivity contribution in [3.8, 4) is 0 Å². The lowest BCUT2D eigenvalue weighted by Crippen LogP contribution is -2.51. The maximum absolute atomic E-state index is 3.66. The van der Waals surface area contributed by atoms with Gasteiger partial charge in [0.1, 0.15) is 0 Å². The van der Waals surface area contributed by atoms with Crippen LogP contribution in [0.4, 0.5) is 0 Å². The fraction of sp³-hybridized carbons (Fsp3) is 1.00. The molecule has 1 N–H and O–H groups in total. The molecule has 1 aliphatic rings. The molecule has 0 aromatic carbocycles. The summed E-state index contributed by atoms with van der Waals surface area (Å²) in [5.41, 5.74) is 0.239. The smallest absolute Gasteiger partial charge is 0.0243 e. The quantitative estimate of drug-likeness (QED) is 0.793. The van der Waals surface area contributed by atoms with Crippen molar-refractivity contribution in [3.63, 3.8) is 0 Å². The lowest BCUT2D eigenvalue weighted by atomic mass is 9.98. The van der Waals surface area contributed by atoms with Crippen molar-refractivity contribution < 1.29 is 0 Å². The topological polar surface area (TPSA) is 15.3 Å². The molecular formula is C14H30N2. The predicted molar refractivity (Wildman–Crippen MR) is 71.8 cm³/mol. The van der Waals surface area contributed by atoms with E-state index in [1.54, 1.807) is 0 Å². The average molecular weight is 226 g/mol. The monoisotopic (exact) mass is 226 g/mol. The van der Waals surface area contributed by atoms with Crippen molar-refractivity contribution in [1.82, 2.24) is 10.2 Å². The highest BCUT2D eigenvalue weighted by molar-refractivity contribution is 4.82. The Morgan fingerprint density at radius 3 is 2.06 bits per heavy atom. The Bertz CT molecular complexity index is 187. The zero-order chi connectivity index (χ0) is 12.2. The van der Waals surface area contributed by atoms with Crippen molar-refractivity contribution in [3.05, 3.63) is 0 Å². The molecule has 1 heterocycles. The van der Waals surface area contributed by atoms with Gasteiger partial charge in [0.05, 0.1) is 0 Å². The zero-order valence-electron chi connectivity index (χ0n) is 11.8. The molecule has 0 spiro atoms. The minimum atomic E-state index is 0.239. The van der Waals surface area contributed by atoms with Gasteiger partial charge >= 0.3 is 0 Å². The third-order valence-corrected chi connectivity index (χ3v) is 3.47. The molecule has 0 radical (unpaired) electrons. The first-order valence-corrected chi connectivity index (χ1v) is 6.89. The highest BCUT2D eigenvalue weighted by Crippen LogP contribution is 2.17. The molecule has 0 aliphatic carbocycles. The number of rotatable bonds is 4. The summed E-state index contributed by atoms with van der Waals surface area (Å²) in [7, 11) is 0. The fourth-order valence-electron chi connectivity index (χ4n) is 2.45. The number of nitrogens with one attached hydrogen (secondary N) is 1. The summed E-state index contributed by atoms with van der Waals surface area (Å²) in [5, 5.41) is 3.66. The Hall–Kier alpha value is -0.0800. The molecule has 0 saturated carbocycles. The van der Waals surface area contributed by atoms with Gasteiger partial charge in [0.25, 0.3) is 0 Å². The molecule has 1 unspecified atom stereocenters. The number of nitrogens with zero attached hydrogens (tertiary/aromatic N) is 1. The van der Waals surface area contributed by atoms with Gasteiger partial charge in [0, 0.05) is 18.1 Å². The van der Waals surface area contributed by atoms with Crippen molar-refractivity contribution in [1.29, 1.82) is 0 Å². The van der Waals surface area contributed by atoms with Crippen LogP contribution in [-0.4, -0.2) is 36.1 Å². The second-order valence-electron chi connectivity index (χ2n) is 6.54. The van der Waals surface area contributed by atoms with Gasteiger partial charge in [-0.3, -0.25) is 4.90 Å². The molecule has 0 amide bonds. The molecule has 1 saturated heterocycles. The number of piperidine rings is 1. The first-order chi connectivity index (χ1) is 7.40. The average Bonchev–Trinajstić information content (AvgIpc) is 2.17. The van der Waals surface area contributed by atoms with Gasteiger partial charge in [0.2, 0.25) is 0 Å². The maximum Gasteiger partial charge on any atom is 0.0243 e. The van der Waals surface area contributed by atoms with Crippen LogP contribution in [0.3, 0.4) is 0 Å². The second-order valence-corrected chi connectivity index (χ2v) is 6.54. The summed E-state index contributed by atoms with van der Waals surface area (Å²) < 4.78 is 0. The third kappa shape index (κ3) is 4.84. The third-order valence-electron chi connectivity index (χ3n) is 3.47. The second kappa shape index (κ2) is 6.02. The van der Waals surface area contributed by atoms with E-state index < -0.39 is 0 Å². The summed E-state index contributed by atoms with van der Waals surface area (Å²) in [4.78, 5) is 2.69. The van der Waals surface area contributed by atoms with Gasteiger partial charge < -0.3 is 5.32 Å². The molecule has 2 heteroatoms. The van der Waals surface area contributed by atoms with Crippen molar-refractivity contribution >= 4 is 0 Å².